The summed E-state index contributed by atoms with van der Waals surface area (Å²) >= 11 is 0. The van der Waals surface area contributed by atoms with Crippen LogP contribution in [0.2, 0.25) is 0 Å². The van der Waals surface area contributed by atoms with Gasteiger partial charge in [-0.15, -0.1) is 0 Å². The molecule has 0 saturated carbocycles. The number of nitrogens with zero attached hydrogens (tertiary/aromatic N) is 1. The maximum absolute atomic E-state index is 12.7. The Hall–Kier alpha value is -1.88. The van der Waals surface area contributed by atoms with Crippen LogP contribution in [0.3, 0.4) is 0 Å². The molecule has 0 spiro atoms. The molecule has 5 nitrogen and oxygen atoms in total. The van der Waals surface area contributed by atoms with Gasteiger partial charge >= 0.3 is 0 Å². The Labute approximate surface area is 144 Å². The fourth-order valence-corrected chi connectivity index (χ4v) is 2.87. The highest BCUT2D eigenvalue weighted by Crippen LogP contribution is 2.20. The molecule has 5 heteroatoms. The van der Waals surface area contributed by atoms with E-state index in [0.29, 0.717) is 13.2 Å². The highest BCUT2D eigenvalue weighted by atomic mass is 16.5. The van der Waals surface area contributed by atoms with Gasteiger partial charge in [0.2, 0.25) is 11.8 Å². The van der Waals surface area contributed by atoms with Crippen LogP contribution < -0.4 is 5.32 Å². The second-order valence-corrected chi connectivity index (χ2v) is 6.58. The third kappa shape index (κ3) is 4.35. The first-order valence-electron chi connectivity index (χ1n) is 8.68. The van der Waals surface area contributed by atoms with Gasteiger partial charge in [0.1, 0.15) is 6.54 Å². The Balaban J connectivity index is 2.06. The zero-order valence-corrected chi connectivity index (χ0v) is 15.1. The Bertz CT molecular complexity index is 594. The molecule has 0 unspecified atom stereocenters. The number of benzene rings is 1. The van der Waals surface area contributed by atoms with Gasteiger partial charge in [-0.2, -0.15) is 0 Å². The number of hydrogen-bond acceptors (Lipinski definition) is 3. The molecule has 2 atom stereocenters. The van der Waals surface area contributed by atoms with Crippen LogP contribution in [-0.4, -0.2) is 42.5 Å². The maximum Gasteiger partial charge on any atom is 0.244 e. The quantitative estimate of drug-likeness (QED) is 0.871. The molecule has 1 saturated heterocycles. The molecule has 1 heterocycles. The molecule has 1 aromatic carbocycles. The largest absolute Gasteiger partial charge is 0.381 e. The normalized spacial score (nSPS) is 18.2. The van der Waals surface area contributed by atoms with Gasteiger partial charge in [-0.3, -0.25) is 9.59 Å². The van der Waals surface area contributed by atoms with Crippen LogP contribution >= 0.6 is 0 Å². The van der Waals surface area contributed by atoms with Crippen molar-refractivity contribution >= 4 is 17.5 Å². The predicted molar refractivity (Wildman–Crippen MR) is 94.9 cm³/mol. The molecule has 132 valence electrons. The summed E-state index contributed by atoms with van der Waals surface area (Å²) in [4.78, 5) is 26.9. The Morgan fingerprint density at radius 2 is 2.12 bits per heavy atom. The highest BCUT2D eigenvalue weighted by molar-refractivity contribution is 5.95. The first-order valence-corrected chi connectivity index (χ1v) is 8.68. The number of ether oxygens (including phenoxy) is 1. The van der Waals surface area contributed by atoms with Gasteiger partial charge in [0, 0.05) is 18.3 Å². The van der Waals surface area contributed by atoms with Gasteiger partial charge < -0.3 is 15.0 Å². The SMILES string of the molecule is CC[C@H](C)N(CC(=O)Nc1cccc(C)c1C)C(=O)[C@H]1CCOC1. The Morgan fingerprint density at radius 1 is 1.38 bits per heavy atom. The number of aryl methyl sites for hydroxylation is 1. The second kappa shape index (κ2) is 8.29. The molecular weight excluding hydrogens is 304 g/mol. The van der Waals surface area contributed by atoms with Crippen LogP contribution in [0, 0.1) is 19.8 Å². The fourth-order valence-electron chi connectivity index (χ4n) is 2.87. The van der Waals surface area contributed by atoms with Crippen LogP contribution in [-0.2, 0) is 14.3 Å². The number of rotatable bonds is 6. The zero-order chi connectivity index (χ0) is 17.7. The van der Waals surface area contributed by atoms with Crippen molar-refractivity contribution in [3.63, 3.8) is 0 Å². The second-order valence-electron chi connectivity index (χ2n) is 6.58. The van der Waals surface area contributed by atoms with E-state index < -0.39 is 0 Å². The third-order valence-electron chi connectivity index (χ3n) is 4.88. The van der Waals surface area contributed by atoms with E-state index in [9.17, 15) is 9.59 Å². The summed E-state index contributed by atoms with van der Waals surface area (Å²) in [7, 11) is 0. The summed E-state index contributed by atoms with van der Waals surface area (Å²) in [6.07, 6.45) is 1.56. The monoisotopic (exact) mass is 332 g/mol. The van der Waals surface area contributed by atoms with Crippen LogP contribution in [0.15, 0.2) is 18.2 Å². The van der Waals surface area contributed by atoms with Crippen molar-refractivity contribution in [3.05, 3.63) is 29.3 Å². The van der Waals surface area contributed by atoms with E-state index in [1.807, 2.05) is 45.9 Å². The first-order chi connectivity index (χ1) is 11.4. The lowest BCUT2D eigenvalue weighted by atomic mass is 10.1. The lowest BCUT2D eigenvalue weighted by Crippen LogP contribution is -2.46. The minimum atomic E-state index is -0.156. The highest BCUT2D eigenvalue weighted by Gasteiger charge is 2.31. The molecule has 1 aliphatic rings. The van der Waals surface area contributed by atoms with Crippen molar-refractivity contribution in [2.45, 2.75) is 46.6 Å². The minimum Gasteiger partial charge on any atom is -0.381 e. The molecule has 1 fully saturated rings. The van der Waals surface area contributed by atoms with Crippen molar-refractivity contribution in [2.24, 2.45) is 5.92 Å². The number of hydrogen-bond donors (Lipinski definition) is 1. The van der Waals surface area contributed by atoms with Gasteiger partial charge in [0.05, 0.1) is 12.5 Å². The molecule has 24 heavy (non-hydrogen) atoms. The standard InChI is InChI=1S/C19H28N2O3/c1-5-14(3)21(19(23)16-9-10-24-12-16)11-18(22)20-17-8-6-7-13(2)15(17)4/h6-8,14,16H,5,9-12H2,1-4H3,(H,20,22)/t14-,16-/m0/s1. The summed E-state index contributed by atoms with van der Waals surface area (Å²) in [5.74, 6) is -0.248. The van der Waals surface area contributed by atoms with E-state index in [4.69, 9.17) is 4.74 Å². The summed E-state index contributed by atoms with van der Waals surface area (Å²) < 4.78 is 5.32. The van der Waals surface area contributed by atoms with E-state index in [1.165, 1.54) is 0 Å². The number of carbonyl (C=O) groups excluding carboxylic acids is 2. The lowest BCUT2D eigenvalue weighted by Gasteiger charge is -2.30. The number of anilines is 1. The molecule has 0 radical (unpaired) electrons. The van der Waals surface area contributed by atoms with Gasteiger partial charge in [0.25, 0.3) is 0 Å². The van der Waals surface area contributed by atoms with Crippen molar-refractivity contribution in [3.8, 4) is 0 Å². The van der Waals surface area contributed by atoms with E-state index in [1.54, 1.807) is 4.90 Å². The van der Waals surface area contributed by atoms with Gasteiger partial charge in [-0.05, 0) is 50.8 Å². The number of carbonyl (C=O) groups is 2. The van der Waals surface area contributed by atoms with Crippen molar-refractivity contribution < 1.29 is 14.3 Å². The molecule has 1 aromatic rings. The summed E-state index contributed by atoms with van der Waals surface area (Å²) in [6, 6.07) is 5.86. The van der Waals surface area contributed by atoms with Crippen molar-refractivity contribution in [1.29, 1.82) is 0 Å². The predicted octanol–water partition coefficient (Wildman–Crippen LogP) is 2.91. The molecule has 0 aliphatic carbocycles. The average Bonchev–Trinajstić information content (AvgIpc) is 3.10. The van der Waals surface area contributed by atoms with Gasteiger partial charge in [0.15, 0.2) is 0 Å². The van der Waals surface area contributed by atoms with Crippen LogP contribution in [0.5, 0.6) is 0 Å². The van der Waals surface area contributed by atoms with E-state index in [0.717, 1.165) is 29.7 Å². The molecule has 1 aliphatic heterocycles. The fraction of sp³-hybridized carbons (Fsp3) is 0.579. The number of nitrogens with one attached hydrogen (secondary N) is 1. The molecular formula is C19H28N2O3. The van der Waals surface area contributed by atoms with E-state index >= 15 is 0 Å². The molecule has 0 aromatic heterocycles. The molecule has 2 rings (SSSR count). The molecule has 0 bridgehead atoms. The van der Waals surface area contributed by atoms with Gasteiger partial charge in [-0.1, -0.05) is 19.1 Å². The number of amides is 2. The summed E-state index contributed by atoms with van der Waals surface area (Å²) in [5.41, 5.74) is 2.99. The topological polar surface area (TPSA) is 58.6 Å². The van der Waals surface area contributed by atoms with E-state index in [-0.39, 0.29) is 30.3 Å². The van der Waals surface area contributed by atoms with Gasteiger partial charge in [-0.25, -0.2) is 0 Å². The molecule has 2 amide bonds. The van der Waals surface area contributed by atoms with Crippen LogP contribution in [0.4, 0.5) is 5.69 Å². The summed E-state index contributed by atoms with van der Waals surface area (Å²) in [5, 5.41) is 2.94. The van der Waals surface area contributed by atoms with Crippen LogP contribution in [0.25, 0.3) is 0 Å². The van der Waals surface area contributed by atoms with Crippen molar-refractivity contribution in [1.82, 2.24) is 4.90 Å². The van der Waals surface area contributed by atoms with Crippen LogP contribution in [0.1, 0.15) is 37.8 Å². The summed E-state index contributed by atoms with van der Waals surface area (Å²) in [6.45, 7) is 9.18. The molecule has 1 N–H and O–H groups in total. The smallest absolute Gasteiger partial charge is 0.244 e. The third-order valence-corrected chi connectivity index (χ3v) is 4.88. The lowest BCUT2D eigenvalue weighted by molar-refractivity contribution is -0.140. The van der Waals surface area contributed by atoms with Crippen molar-refractivity contribution in [2.75, 3.05) is 25.1 Å². The Kier molecular flexibility index (Phi) is 6.37. The average molecular weight is 332 g/mol. The first kappa shape index (κ1) is 18.5. The Morgan fingerprint density at radius 3 is 2.75 bits per heavy atom. The maximum atomic E-state index is 12.7. The zero-order valence-electron chi connectivity index (χ0n) is 15.1. The van der Waals surface area contributed by atoms with E-state index in [2.05, 4.69) is 5.32 Å². The minimum absolute atomic E-state index is 0.0259.